The standard InChI is InChI=1S/C12H11N/c1-2-4-10-7-11(12-8-13-12)6-5-9(10)3-1/h1-7,12-13H,8H2/t12-/m1/s1. The first-order valence-electron chi connectivity index (χ1n) is 4.65. The van der Waals surface area contributed by atoms with Crippen LogP contribution >= 0.6 is 0 Å². The van der Waals surface area contributed by atoms with E-state index in [1.54, 1.807) is 0 Å². The summed E-state index contributed by atoms with van der Waals surface area (Å²) in [6.07, 6.45) is 0. The van der Waals surface area contributed by atoms with Gasteiger partial charge in [0.1, 0.15) is 0 Å². The zero-order valence-corrected chi connectivity index (χ0v) is 7.33. The van der Waals surface area contributed by atoms with E-state index >= 15 is 0 Å². The van der Waals surface area contributed by atoms with E-state index in [0.717, 1.165) is 6.54 Å². The Kier molecular flexibility index (Phi) is 1.41. The van der Waals surface area contributed by atoms with Crippen molar-refractivity contribution in [2.75, 3.05) is 6.54 Å². The van der Waals surface area contributed by atoms with E-state index in [2.05, 4.69) is 47.8 Å². The van der Waals surface area contributed by atoms with Crippen LogP contribution in [0.2, 0.25) is 0 Å². The number of fused-ring (bicyclic) bond motifs is 1. The summed E-state index contributed by atoms with van der Waals surface area (Å²) in [6.45, 7) is 1.14. The minimum absolute atomic E-state index is 0.615. The van der Waals surface area contributed by atoms with E-state index in [1.165, 1.54) is 16.3 Å². The van der Waals surface area contributed by atoms with E-state index in [4.69, 9.17) is 0 Å². The second-order valence-electron chi connectivity index (χ2n) is 3.57. The lowest BCUT2D eigenvalue weighted by molar-refractivity contribution is 1.08. The molecule has 13 heavy (non-hydrogen) atoms. The van der Waals surface area contributed by atoms with Crippen LogP contribution in [0.15, 0.2) is 42.5 Å². The second kappa shape index (κ2) is 2.57. The molecule has 0 spiro atoms. The van der Waals surface area contributed by atoms with Gasteiger partial charge in [-0.1, -0.05) is 36.4 Å². The molecule has 0 aliphatic carbocycles. The molecule has 0 bridgehead atoms. The quantitative estimate of drug-likeness (QED) is 0.651. The van der Waals surface area contributed by atoms with Crippen molar-refractivity contribution in [3.8, 4) is 0 Å². The lowest BCUT2D eigenvalue weighted by Gasteiger charge is -2.00. The van der Waals surface area contributed by atoms with Gasteiger partial charge in [-0.05, 0) is 22.4 Å². The van der Waals surface area contributed by atoms with Crippen molar-refractivity contribution in [2.24, 2.45) is 0 Å². The van der Waals surface area contributed by atoms with Crippen LogP contribution in [0.25, 0.3) is 10.8 Å². The molecule has 2 aromatic carbocycles. The van der Waals surface area contributed by atoms with Crippen LogP contribution in [-0.2, 0) is 0 Å². The molecule has 1 saturated heterocycles. The molecule has 0 amide bonds. The van der Waals surface area contributed by atoms with Gasteiger partial charge in [0, 0.05) is 12.6 Å². The molecule has 1 nitrogen and oxygen atoms in total. The maximum Gasteiger partial charge on any atom is 0.0447 e. The Morgan fingerprint density at radius 1 is 1.00 bits per heavy atom. The lowest BCUT2D eigenvalue weighted by atomic mass is 10.1. The summed E-state index contributed by atoms with van der Waals surface area (Å²) < 4.78 is 0. The van der Waals surface area contributed by atoms with Crippen molar-refractivity contribution in [3.05, 3.63) is 48.0 Å². The summed E-state index contributed by atoms with van der Waals surface area (Å²) in [5.74, 6) is 0. The Bertz CT molecular complexity index is 444. The highest BCUT2D eigenvalue weighted by atomic mass is 15.1. The fourth-order valence-corrected chi connectivity index (χ4v) is 1.72. The van der Waals surface area contributed by atoms with Gasteiger partial charge in [-0.3, -0.25) is 0 Å². The zero-order valence-electron chi connectivity index (χ0n) is 7.33. The third-order valence-corrected chi connectivity index (χ3v) is 2.58. The van der Waals surface area contributed by atoms with Crippen LogP contribution in [0.4, 0.5) is 0 Å². The monoisotopic (exact) mass is 169 g/mol. The van der Waals surface area contributed by atoms with Crippen molar-refractivity contribution < 1.29 is 0 Å². The Morgan fingerprint density at radius 3 is 2.54 bits per heavy atom. The average molecular weight is 169 g/mol. The largest absolute Gasteiger partial charge is 0.307 e. The maximum absolute atomic E-state index is 3.32. The molecular weight excluding hydrogens is 158 g/mol. The van der Waals surface area contributed by atoms with Crippen molar-refractivity contribution in [1.82, 2.24) is 5.32 Å². The van der Waals surface area contributed by atoms with Gasteiger partial charge in [0.05, 0.1) is 0 Å². The smallest absolute Gasteiger partial charge is 0.0447 e. The number of rotatable bonds is 1. The summed E-state index contributed by atoms with van der Waals surface area (Å²) in [7, 11) is 0. The summed E-state index contributed by atoms with van der Waals surface area (Å²) in [5, 5.41) is 5.98. The molecule has 1 atom stereocenters. The third-order valence-electron chi connectivity index (χ3n) is 2.58. The van der Waals surface area contributed by atoms with Crippen molar-refractivity contribution in [1.29, 1.82) is 0 Å². The van der Waals surface area contributed by atoms with E-state index < -0.39 is 0 Å². The highest BCUT2D eigenvalue weighted by Gasteiger charge is 2.21. The van der Waals surface area contributed by atoms with Gasteiger partial charge in [0.15, 0.2) is 0 Å². The topological polar surface area (TPSA) is 21.9 Å². The summed E-state index contributed by atoms with van der Waals surface area (Å²) in [5.41, 5.74) is 1.42. The molecule has 0 unspecified atom stereocenters. The van der Waals surface area contributed by atoms with Crippen molar-refractivity contribution >= 4 is 10.8 Å². The Hall–Kier alpha value is -1.34. The predicted molar refractivity (Wildman–Crippen MR) is 54.7 cm³/mol. The molecule has 1 fully saturated rings. The first kappa shape index (κ1) is 7.10. The van der Waals surface area contributed by atoms with Gasteiger partial charge in [-0.15, -0.1) is 0 Å². The molecule has 2 aromatic rings. The van der Waals surface area contributed by atoms with Gasteiger partial charge in [-0.2, -0.15) is 0 Å². The SMILES string of the molecule is c1ccc2cc([C@H]3CN3)ccc2c1. The van der Waals surface area contributed by atoms with Crippen LogP contribution < -0.4 is 5.32 Å². The fraction of sp³-hybridized carbons (Fsp3) is 0.167. The Balaban J connectivity index is 2.21. The maximum atomic E-state index is 3.32. The van der Waals surface area contributed by atoms with Gasteiger partial charge >= 0.3 is 0 Å². The molecule has 0 radical (unpaired) electrons. The van der Waals surface area contributed by atoms with Gasteiger partial charge in [-0.25, -0.2) is 0 Å². The fourth-order valence-electron chi connectivity index (χ4n) is 1.72. The lowest BCUT2D eigenvalue weighted by Crippen LogP contribution is -1.83. The van der Waals surface area contributed by atoms with Crippen LogP contribution in [0.3, 0.4) is 0 Å². The zero-order chi connectivity index (χ0) is 8.67. The minimum Gasteiger partial charge on any atom is -0.307 e. The third kappa shape index (κ3) is 1.21. The molecule has 0 saturated carbocycles. The average Bonchev–Trinajstić information content (AvgIpc) is 3.00. The number of hydrogen-bond acceptors (Lipinski definition) is 1. The van der Waals surface area contributed by atoms with Gasteiger partial charge in [0.25, 0.3) is 0 Å². The molecular formula is C12H11N. The van der Waals surface area contributed by atoms with E-state index in [9.17, 15) is 0 Å². The molecule has 1 heterocycles. The number of benzene rings is 2. The molecule has 1 aliphatic rings. The molecule has 3 rings (SSSR count). The molecule has 1 aliphatic heterocycles. The van der Waals surface area contributed by atoms with Crippen LogP contribution in [-0.4, -0.2) is 6.54 Å². The molecule has 64 valence electrons. The molecule has 0 aromatic heterocycles. The van der Waals surface area contributed by atoms with Crippen LogP contribution in [0.1, 0.15) is 11.6 Å². The first-order valence-corrected chi connectivity index (χ1v) is 4.65. The first-order chi connectivity index (χ1) is 6.43. The van der Waals surface area contributed by atoms with Gasteiger partial charge < -0.3 is 5.32 Å². The van der Waals surface area contributed by atoms with E-state index in [1.807, 2.05) is 0 Å². The number of nitrogens with one attached hydrogen (secondary N) is 1. The summed E-state index contributed by atoms with van der Waals surface area (Å²) >= 11 is 0. The highest BCUT2D eigenvalue weighted by molar-refractivity contribution is 5.83. The normalized spacial score (nSPS) is 20.5. The van der Waals surface area contributed by atoms with E-state index in [-0.39, 0.29) is 0 Å². The molecule has 1 N–H and O–H groups in total. The van der Waals surface area contributed by atoms with Crippen molar-refractivity contribution in [3.63, 3.8) is 0 Å². The van der Waals surface area contributed by atoms with E-state index in [0.29, 0.717) is 6.04 Å². The Labute approximate surface area is 77.4 Å². The number of hydrogen-bond donors (Lipinski definition) is 1. The van der Waals surface area contributed by atoms with Gasteiger partial charge in [0.2, 0.25) is 0 Å². The minimum atomic E-state index is 0.615. The van der Waals surface area contributed by atoms with Crippen molar-refractivity contribution in [2.45, 2.75) is 6.04 Å². The van der Waals surface area contributed by atoms with Crippen LogP contribution in [0.5, 0.6) is 0 Å². The predicted octanol–water partition coefficient (Wildman–Crippen LogP) is 2.48. The summed E-state index contributed by atoms with van der Waals surface area (Å²) in [4.78, 5) is 0. The Morgan fingerprint density at radius 2 is 1.77 bits per heavy atom. The highest BCUT2D eigenvalue weighted by Crippen LogP contribution is 2.25. The van der Waals surface area contributed by atoms with Crippen LogP contribution in [0, 0.1) is 0 Å². The summed E-state index contributed by atoms with van der Waals surface area (Å²) in [6, 6.07) is 15.8. The second-order valence-corrected chi connectivity index (χ2v) is 3.57. The molecule has 1 heteroatoms.